The number of carbonyl (C=O) groups excluding carboxylic acids is 1. The number of rotatable bonds is 3. The molecule has 1 nitrogen and oxygen atoms in total. The predicted octanol–water partition coefficient (Wildman–Crippen LogP) is 3.49. The molecule has 0 fully saturated rings. The van der Waals surface area contributed by atoms with Crippen LogP contribution in [-0.4, -0.2) is 18.1 Å². The number of alkyl halides is 3. The summed E-state index contributed by atoms with van der Waals surface area (Å²) in [4.78, 5) is 10.1. The second-order valence-electron chi connectivity index (χ2n) is 4.18. The van der Waals surface area contributed by atoms with Gasteiger partial charge in [-0.05, 0) is 29.5 Å². The van der Waals surface area contributed by atoms with Gasteiger partial charge in [0.15, 0.2) is 6.17 Å². The lowest BCUT2D eigenvalue weighted by molar-refractivity contribution is -0.163. The molecule has 2 rings (SSSR count). The highest BCUT2D eigenvalue weighted by Crippen LogP contribution is 2.34. The van der Waals surface area contributed by atoms with Gasteiger partial charge in [-0.3, -0.25) is 4.79 Å². The van der Waals surface area contributed by atoms with E-state index < -0.39 is 18.1 Å². The van der Waals surface area contributed by atoms with Crippen LogP contribution in [0.25, 0.3) is 6.08 Å². The van der Waals surface area contributed by atoms with E-state index in [4.69, 9.17) is 0 Å². The molecule has 1 aliphatic carbocycles. The number of benzene rings is 1. The van der Waals surface area contributed by atoms with E-state index in [0.717, 1.165) is 5.56 Å². The van der Waals surface area contributed by atoms with Crippen LogP contribution in [0.2, 0.25) is 0 Å². The second kappa shape index (κ2) is 4.55. The highest BCUT2D eigenvalue weighted by molar-refractivity contribution is 5.78. The summed E-state index contributed by atoms with van der Waals surface area (Å²) in [5.74, 6) is -4.60. The first-order valence-electron chi connectivity index (χ1n) is 5.43. The molecule has 0 bridgehead atoms. The zero-order valence-corrected chi connectivity index (χ0v) is 9.30. The van der Waals surface area contributed by atoms with E-state index in [9.17, 15) is 22.4 Å². The Hall–Kier alpha value is -1.65. The fraction of sp³-hybridized carbons (Fsp3) is 0.308. The third-order valence-corrected chi connectivity index (χ3v) is 2.98. The Bertz CT molecular complexity index is 507. The molecule has 1 aromatic rings. The summed E-state index contributed by atoms with van der Waals surface area (Å²) in [5, 5.41) is 0. The van der Waals surface area contributed by atoms with Gasteiger partial charge in [0.25, 0.3) is 0 Å². The van der Waals surface area contributed by atoms with Gasteiger partial charge in [-0.15, -0.1) is 0 Å². The van der Waals surface area contributed by atoms with Gasteiger partial charge in [0.1, 0.15) is 0 Å². The van der Waals surface area contributed by atoms with Crippen molar-refractivity contribution in [1.82, 2.24) is 0 Å². The van der Waals surface area contributed by atoms with Crippen LogP contribution in [0.5, 0.6) is 0 Å². The van der Waals surface area contributed by atoms with Crippen LogP contribution >= 0.6 is 0 Å². The van der Waals surface area contributed by atoms with Crippen molar-refractivity contribution in [3.63, 3.8) is 0 Å². The Labute approximate surface area is 101 Å². The standard InChI is InChI=1S/C13H10F4O/c14-11(13(16,17)12(15)18)10-6-5-8-3-1-2-4-9(8)7-10/h1-4,7,11H,5-6H2. The molecule has 0 heterocycles. The molecule has 0 amide bonds. The first kappa shape index (κ1) is 12.8. The summed E-state index contributed by atoms with van der Waals surface area (Å²) >= 11 is 0. The fourth-order valence-corrected chi connectivity index (χ4v) is 1.99. The molecule has 0 radical (unpaired) electrons. The third kappa shape index (κ3) is 2.17. The Morgan fingerprint density at radius 2 is 1.89 bits per heavy atom. The van der Waals surface area contributed by atoms with Crippen LogP contribution in [-0.2, 0) is 11.2 Å². The topological polar surface area (TPSA) is 17.1 Å². The summed E-state index contributed by atoms with van der Waals surface area (Å²) in [7, 11) is 0. The molecular weight excluding hydrogens is 248 g/mol. The van der Waals surface area contributed by atoms with Crippen molar-refractivity contribution in [3.8, 4) is 0 Å². The van der Waals surface area contributed by atoms with E-state index >= 15 is 0 Å². The largest absolute Gasteiger partial charge is 0.373 e. The van der Waals surface area contributed by atoms with E-state index in [0.29, 0.717) is 12.0 Å². The predicted molar refractivity (Wildman–Crippen MR) is 58.7 cm³/mol. The minimum atomic E-state index is -4.60. The smallest absolute Gasteiger partial charge is 0.254 e. The van der Waals surface area contributed by atoms with Gasteiger partial charge in [-0.25, -0.2) is 4.39 Å². The van der Waals surface area contributed by atoms with Gasteiger partial charge in [0, 0.05) is 0 Å². The number of hydrogen-bond acceptors (Lipinski definition) is 1. The SMILES string of the molecule is O=C(F)C(F)(F)C(F)C1=Cc2ccccc2CC1. The quantitative estimate of drug-likeness (QED) is 0.599. The van der Waals surface area contributed by atoms with Gasteiger partial charge in [-0.2, -0.15) is 13.2 Å². The first-order valence-corrected chi connectivity index (χ1v) is 5.43. The molecule has 0 spiro atoms. The zero-order chi connectivity index (χ0) is 13.3. The van der Waals surface area contributed by atoms with Gasteiger partial charge < -0.3 is 0 Å². The molecule has 0 aromatic heterocycles. The summed E-state index contributed by atoms with van der Waals surface area (Å²) in [6, 6.07) is 4.04. The molecule has 0 saturated heterocycles. The zero-order valence-electron chi connectivity index (χ0n) is 9.30. The molecule has 0 saturated carbocycles. The van der Waals surface area contributed by atoms with Crippen molar-refractivity contribution in [2.45, 2.75) is 24.9 Å². The van der Waals surface area contributed by atoms with E-state index in [2.05, 4.69) is 0 Å². The van der Waals surface area contributed by atoms with Crippen molar-refractivity contribution >= 4 is 12.1 Å². The molecule has 18 heavy (non-hydrogen) atoms. The van der Waals surface area contributed by atoms with Crippen LogP contribution in [0, 0.1) is 0 Å². The molecule has 1 atom stereocenters. The Kier molecular flexibility index (Phi) is 3.24. The number of aryl methyl sites for hydroxylation is 1. The second-order valence-corrected chi connectivity index (χ2v) is 4.18. The molecule has 96 valence electrons. The van der Waals surface area contributed by atoms with E-state index in [1.165, 1.54) is 6.08 Å². The number of halogens is 4. The third-order valence-electron chi connectivity index (χ3n) is 2.98. The number of fused-ring (bicyclic) bond motifs is 1. The number of hydrogen-bond donors (Lipinski definition) is 0. The van der Waals surface area contributed by atoms with Crippen molar-refractivity contribution < 1.29 is 22.4 Å². The van der Waals surface area contributed by atoms with Crippen molar-refractivity contribution in [3.05, 3.63) is 41.0 Å². The minimum Gasteiger partial charge on any atom is -0.254 e. The summed E-state index contributed by atoms with van der Waals surface area (Å²) in [5.41, 5.74) is 1.30. The van der Waals surface area contributed by atoms with Gasteiger partial charge in [0.2, 0.25) is 0 Å². The monoisotopic (exact) mass is 258 g/mol. The van der Waals surface area contributed by atoms with Gasteiger partial charge in [0.05, 0.1) is 0 Å². The highest BCUT2D eigenvalue weighted by Gasteiger charge is 2.50. The highest BCUT2D eigenvalue weighted by atomic mass is 19.3. The normalized spacial score (nSPS) is 16.8. The molecule has 5 heteroatoms. The Morgan fingerprint density at radius 1 is 1.22 bits per heavy atom. The molecule has 1 aliphatic rings. The fourth-order valence-electron chi connectivity index (χ4n) is 1.99. The lowest BCUT2D eigenvalue weighted by Crippen LogP contribution is -2.38. The number of carbonyl (C=O) groups is 1. The van der Waals surface area contributed by atoms with Crippen LogP contribution < -0.4 is 0 Å². The van der Waals surface area contributed by atoms with Crippen LogP contribution in [0.3, 0.4) is 0 Å². The van der Waals surface area contributed by atoms with E-state index in [1.54, 1.807) is 18.2 Å². The first-order chi connectivity index (χ1) is 8.43. The Morgan fingerprint density at radius 3 is 2.56 bits per heavy atom. The summed E-state index contributed by atoms with van der Waals surface area (Å²) in [6.07, 6.45) is -1.18. The van der Waals surface area contributed by atoms with Crippen LogP contribution in [0.1, 0.15) is 17.5 Å². The lowest BCUT2D eigenvalue weighted by Gasteiger charge is -2.22. The average Bonchev–Trinajstić information content (AvgIpc) is 2.37. The van der Waals surface area contributed by atoms with Crippen molar-refractivity contribution in [2.75, 3.05) is 0 Å². The molecule has 0 N–H and O–H groups in total. The van der Waals surface area contributed by atoms with Gasteiger partial charge >= 0.3 is 12.0 Å². The minimum absolute atomic E-state index is 0.0566. The lowest BCUT2D eigenvalue weighted by atomic mass is 9.88. The maximum atomic E-state index is 13.5. The maximum Gasteiger partial charge on any atom is 0.373 e. The maximum absolute atomic E-state index is 13.5. The summed E-state index contributed by atoms with van der Waals surface area (Å²) < 4.78 is 51.6. The number of allylic oxidation sites excluding steroid dienone is 1. The molecule has 0 aliphatic heterocycles. The molecule has 1 unspecified atom stereocenters. The van der Waals surface area contributed by atoms with Crippen molar-refractivity contribution in [1.29, 1.82) is 0 Å². The van der Waals surface area contributed by atoms with Crippen LogP contribution in [0.15, 0.2) is 29.8 Å². The molecule has 1 aromatic carbocycles. The van der Waals surface area contributed by atoms with Crippen LogP contribution in [0.4, 0.5) is 17.6 Å². The average molecular weight is 258 g/mol. The Balaban J connectivity index is 2.32. The summed E-state index contributed by atoms with van der Waals surface area (Å²) in [6.45, 7) is 0. The van der Waals surface area contributed by atoms with Gasteiger partial charge in [-0.1, -0.05) is 30.3 Å². The van der Waals surface area contributed by atoms with E-state index in [-0.39, 0.29) is 12.0 Å². The van der Waals surface area contributed by atoms with Crippen molar-refractivity contribution in [2.24, 2.45) is 0 Å². The van der Waals surface area contributed by atoms with E-state index in [1.807, 2.05) is 6.07 Å². The molecular formula is C13H10F4O.